The molecule has 0 unspecified atom stereocenters. The Hall–Kier alpha value is -1.79. The number of urea groups is 1. The maximum Gasteiger partial charge on any atom is 0.317 e. The molecule has 7 heteroatoms. The molecule has 5 nitrogen and oxygen atoms in total. The number of benzene rings is 1. The lowest BCUT2D eigenvalue weighted by Gasteiger charge is -2.36. The molecule has 0 radical (unpaired) electrons. The van der Waals surface area contributed by atoms with E-state index in [1.807, 2.05) is 42.3 Å². The zero-order valence-corrected chi connectivity index (χ0v) is 15.2. The molecule has 1 aromatic carbocycles. The highest BCUT2D eigenvalue weighted by Gasteiger charge is 2.22. The summed E-state index contributed by atoms with van der Waals surface area (Å²) in [6.45, 7) is 5.65. The van der Waals surface area contributed by atoms with Crippen molar-refractivity contribution < 1.29 is 4.79 Å². The molecule has 0 spiro atoms. The Balaban J connectivity index is 1.44. The number of amides is 2. The van der Waals surface area contributed by atoms with Crippen molar-refractivity contribution in [2.45, 2.75) is 13.3 Å². The van der Waals surface area contributed by atoms with Crippen molar-refractivity contribution in [1.29, 1.82) is 0 Å². The van der Waals surface area contributed by atoms with Crippen molar-refractivity contribution in [1.82, 2.24) is 15.2 Å². The summed E-state index contributed by atoms with van der Waals surface area (Å²) in [6, 6.07) is 7.84. The van der Waals surface area contributed by atoms with Crippen molar-refractivity contribution >= 4 is 34.7 Å². The molecule has 1 fully saturated rings. The van der Waals surface area contributed by atoms with E-state index in [-0.39, 0.29) is 6.03 Å². The number of aromatic nitrogens is 1. The summed E-state index contributed by atoms with van der Waals surface area (Å²) in [4.78, 5) is 21.9. The maximum absolute atomic E-state index is 12.3. The molecular weight excluding hydrogens is 344 g/mol. The van der Waals surface area contributed by atoms with Crippen LogP contribution in [0.15, 0.2) is 30.5 Å². The molecular formula is C17H21ClN4OS. The molecule has 2 heterocycles. The van der Waals surface area contributed by atoms with Crippen LogP contribution in [0.5, 0.6) is 0 Å². The topological polar surface area (TPSA) is 48.5 Å². The Morgan fingerprint density at radius 2 is 2.04 bits per heavy atom. The first-order chi connectivity index (χ1) is 11.6. The summed E-state index contributed by atoms with van der Waals surface area (Å²) in [5.41, 5.74) is 1.04. The van der Waals surface area contributed by atoms with Crippen LogP contribution in [0, 0.1) is 6.92 Å². The Morgan fingerprint density at radius 1 is 1.29 bits per heavy atom. The van der Waals surface area contributed by atoms with Crippen molar-refractivity contribution in [2.24, 2.45) is 0 Å². The number of thiazole rings is 1. The van der Waals surface area contributed by atoms with E-state index in [1.54, 1.807) is 11.3 Å². The Morgan fingerprint density at radius 3 is 2.71 bits per heavy atom. The largest absolute Gasteiger partial charge is 0.367 e. The van der Waals surface area contributed by atoms with Gasteiger partial charge in [0, 0.05) is 50.2 Å². The van der Waals surface area contributed by atoms with Gasteiger partial charge in [-0.3, -0.25) is 0 Å². The Kier molecular flexibility index (Phi) is 5.58. The highest BCUT2D eigenvalue weighted by molar-refractivity contribution is 7.11. The second kappa shape index (κ2) is 7.85. The summed E-state index contributed by atoms with van der Waals surface area (Å²) in [7, 11) is 0. The van der Waals surface area contributed by atoms with E-state index in [0.717, 1.165) is 35.2 Å². The van der Waals surface area contributed by atoms with Gasteiger partial charge in [-0.05, 0) is 19.1 Å². The fraction of sp³-hybridized carbons (Fsp3) is 0.412. The number of rotatable bonds is 4. The van der Waals surface area contributed by atoms with Gasteiger partial charge < -0.3 is 15.1 Å². The molecule has 1 aromatic heterocycles. The molecule has 1 saturated heterocycles. The van der Waals surface area contributed by atoms with Crippen LogP contribution in [0.25, 0.3) is 0 Å². The predicted octanol–water partition coefficient (Wildman–Crippen LogP) is 3.18. The SMILES string of the molecule is Cc1cnc(CCNC(=O)N2CCN(c3ccccc3Cl)CC2)s1. The molecule has 2 aromatic rings. The molecule has 0 atom stereocenters. The summed E-state index contributed by atoms with van der Waals surface area (Å²) >= 11 is 7.92. The van der Waals surface area contributed by atoms with Gasteiger partial charge in [-0.1, -0.05) is 23.7 Å². The van der Waals surface area contributed by atoms with Crippen LogP contribution >= 0.6 is 22.9 Å². The van der Waals surface area contributed by atoms with Crippen LogP contribution < -0.4 is 10.2 Å². The highest BCUT2D eigenvalue weighted by atomic mass is 35.5. The lowest BCUT2D eigenvalue weighted by Crippen LogP contribution is -2.52. The number of nitrogens with zero attached hydrogens (tertiary/aromatic N) is 3. The number of piperazine rings is 1. The predicted molar refractivity (Wildman–Crippen MR) is 99.2 cm³/mol. The van der Waals surface area contributed by atoms with Crippen LogP contribution in [0.3, 0.4) is 0 Å². The Bertz CT molecular complexity index is 697. The zero-order chi connectivity index (χ0) is 16.9. The molecule has 128 valence electrons. The second-order valence-electron chi connectivity index (χ2n) is 5.77. The molecule has 0 aliphatic carbocycles. The van der Waals surface area contributed by atoms with Crippen molar-refractivity contribution in [3.8, 4) is 0 Å². The molecule has 0 bridgehead atoms. The first-order valence-electron chi connectivity index (χ1n) is 8.07. The molecule has 2 amide bonds. The van der Waals surface area contributed by atoms with Gasteiger partial charge in [0.05, 0.1) is 15.7 Å². The van der Waals surface area contributed by atoms with Gasteiger partial charge in [-0.2, -0.15) is 0 Å². The van der Waals surface area contributed by atoms with Gasteiger partial charge in [0.1, 0.15) is 0 Å². The maximum atomic E-state index is 12.3. The molecule has 1 aliphatic rings. The minimum Gasteiger partial charge on any atom is -0.367 e. The van der Waals surface area contributed by atoms with Gasteiger partial charge >= 0.3 is 6.03 Å². The number of halogens is 1. The van der Waals surface area contributed by atoms with E-state index in [9.17, 15) is 4.79 Å². The first-order valence-corrected chi connectivity index (χ1v) is 9.26. The van der Waals surface area contributed by atoms with Gasteiger partial charge in [0.15, 0.2) is 0 Å². The van der Waals surface area contributed by atoms with Gasteiger partial charge in [-0.25, -0.2) is 9.78 Å². The van der Waals surface area contributed by atoms with Crippen molar-refractivity contribution in [2.75, 3.05) is 37.6 Å². The Labute approximate surface area is 151 Å². The van der Waals surface area contributed by atoms with Gasteiger partial charge in [0.2, 0.25) is 0 Å². The number of para-hydroxylation sites is 1. The van der Waals surface area contributed by atoms with E-state index in [2.05, 4.69) is 15.2 Å². The van der Waals surface area contributed by atoms with E-state index in [1.165, 1.54) is 4.88 Å². The summed E-state index contributed by atoms with van der Waals surface area (Å²) < 4.78 is 0. The summed E-state index contributed by atoms with van der Waals surface area (Å²) in [5.74, 6) is 0. The number of aryl methyl sites for hydroxylation is 1. The van der Waals surface area contributed by atoms with E-state index < -0.39 is 0 Å². The van der Waals surface area contributed by atoms with Crippen LogP contribution in [-0.4, -0.2) is 48.6 Å². The van der Waals surface area contributed by atoms with Crippen molar-refractivity contribution in [3.63, 3.8) is 0 Å². The fourth-order valence-corrected chi connectivity index (χ4v) is 3.81. The van der Waals surface area contributed by atoms with Crippen LogP contribution in [0.2, 0.25) is 5.02 Å². The smallest absolute Gasteiger partial charge is 0.317 e. The normalized spacial score (nSPS) is 14.8. The number of hydrogen-bond acceptors (Lipinski definition) is 4. The zero-order valence-electron chi connectivity index (χ0n) is 13.7. The summed E-state index contributed by atoms with van der Waals surface area (Å²) in [6.07, 6.45) is 2.65. The molecule has 0 saturated carbocycles. The van der Waals surface area contributed by atoms with E-state index in [4.69, 9.17) is 11.6 Å². The van der Waals surface area contributed by atoms with Crippen LogP contribution in [0.4, 0.5) is 10.5 Å². The van der Waals surface area contributed by atoms with Crippen LogP contribution in [-0.2, 0) is 6.42 Å². The van der Waals surface area contributed by atoms with Crippen molar-refractivity contribution in [3.05, 3.63) is 45.4 Å². The monoisotopic (exact) mass is 364 g/mol. The summed E-state index contributed by atoms with van der Waals surface area (Å²) in [5, 5.41) is 4.81. The number of hydrogen-bond donors (Lipinski definition) is 1. The fourth-order valence-electron chi connectivity index (χ4n) is 2.76. The lowest BCUT2D eigenvalue weighted by atomic mass is 10.2. The third-order valence-corrected chi connectivity index (χ3v) is 5.34. The third-order valence-electron chi connectivity index (χ3n) is 4.04. The standard InChI is InChI=1S/C17H21ClN4OS/c1-13-12-20-16(24-13)6-7-19-17(23)22-10-8-21(9-11-22)15-5-3-2-4-14(15)18/h2-5,12H,6-11H2,1H3,(H,19,23). The average Bonchev–Trinajstić information content (AvgIpc) is 3.01. The first kappa shape index (κ1) is 17.0. The number of carbonyl (C=O) groups excluding carboxylic acids is 1. The average molecular weight is 365 g/mol. The quantitative estimate of drug-likeness (QED) is 0.906. The molecule has 24 heavy (non-hydrogen) atoms. The minimum atomic E-state index is 0.00193. The second-order valence-corrected chi connectivity index (χ2v) is 7.50. The van der Waals surface area contributed by atoms with Gasteiger partial charge in [0.25, 0.3) is 0 Å². The van der Waals surface area contributed by atoms with Gasteiger partial charge in [-0.15, -0.1) is 11.3 Å². The highest BCUT2D eigenvalue weighted by Crippen LogP contribution is 2.25. The molecule has 1 N–H and O–H groups in total. The number of anilines is 1. The van der Waals surface area contributed by atoms with Crippen LogP contribution in [0.1, 0.15) is 9.88 Å². The number of carbonyl (C=O) groups is 1. The molecule has 3 rings (SSSR count). The molecule has 1 aliphatic heterocycles. The minimum absolute atomic E-state index is 0.00193. The lowest BCUT2D eigenvalue weighted by molar-refractivity contribution is 0.194. The third kappa shape index (κ3) is 4.19. The van der Waals surface area contributed by atoms with E-state index in [0.29, 0.717) is 19.6 Å². The number of nitrogens with one attached hydrogen (secondary N) is 1. The van der Waals surface area contributed by atoms with E-state index >= 15 is 0 Å².